The molecule has 2 fully saturated rings. The summed E-state index contributed by atoms with van der Waals surface area (Å²) < 4.78 is 5.55. The first-order valence-corrected chi connectivity index (χ1v) is 9.15. The van der Waals surface area contributed by atoms with Gasteiger partial charge < -0.3 is 10.1 Å². The van der Waals surface area contributed by atoms with Crippen LogP contribution in [0.15, 0.2) is 4.99 Å². The van der Waals surface area contributed by atoms with E-state index in [-0.39, 0.29) is 0 Å². The summed E-state index contributed by atoms with van der Waals surface area (Å²) in [6.07, 6.45) is 8.00. The Morgan fingerprint density at radius 2 is 2.30 bits per heavy atom. The summed E-state index contributed by atoms with van der Waals surface area (Å²) in [4.78, 5) is 4.73. The maximum absolute atomic E-state index is 5.55. The van der Waals surface area contributed by atoms with Crippen LogP contribution < -0.4 is 5.32 Å². The molecule has 2 rings (SSSR count). The van der Waals surface area contributed by atoms with Crippen molar-refractivity contribution in [2.45, 2.75) is 70.9 Å². The van der Waals surface area contributed by atoms with Crippen LogP contribution >= 0.6 is 11.8 Å². The lowest BCUT2D eigenvalue weighted by Crippen LogP contribution is -2.47. The van der Waals surface area contributed by atoms with Crippen molar-refractivity contribution in [3.63, 3.8) is 0 Å². The first-order valence-electron chi connectivity index (χ1n) is 8.17. The molecule has 0 amide bonds. The molecule has 1 saturated heterocycles. The van der Waals surface area contributed by atoms with Crippen molar-refractivity contribution in [2.75, 3.05) is 18.9 Å². The number of ether oxygens (including phenoxy) is 1. The minimum atomic E-state index is 0.349. The first-order chi connectivity index (χ1) is 9.60. The molecule has 0 aromatic rings. The first kappa shape index (κ1) is 16.2. The van der Waals surface area contributed by atoms with Crippen LogP contribution in [0.3, 0.4) is 0 Å². The number of hydrogen-bond acceptors (Lipinski definition) is 3. The summed E-state index contributed by atoms with van der Waals surface area (Å²) in [5.41, 5.74) is 0.363. The second-order valence-corrected chi connectivity index (χ2v) is 7.67. The standard InChI is InChI=1S/C16H30N2OS/c1-13(2)19-10-5-4-9-17-15-18-16(12-20-15)8-6-7-14(3)11-16/h13-14H,4-12H2,1-3H3,(H,17,18). The second kappa shape index (κ2) is 7.69. The molecule has 0 radical (unpaired) electrons. The van der Waals surface area contributed by atoms with Gasteiger partial charge >= 0.3 is 0 Å². The number of nitrogens with zero attached hydrogens (tertiary/aromatic N) is 1. The van der Waals surface area contributed by atoms with Gasteiger partial charge in [0.2, 0.25) is 0 Å². The molecule has 0 aromatic carbocycles. The SMILES string of the molecule is CC1CCCC2(CSC(=NCCCCOC(C)C)N2)C1. The lowest BCUT2D eigenvalue weighted by atomic mass is 9.78. The zero-order valence-corrected chi connectivity index (χ0v) is 14.1. The maximum Gasteiger partial charge on any atom is 0.157 e. The van der Waals surface area contributed by atoms with Crippen molar-refractivity contribution >= 4 is 16.9 Å². The Hall–Kier alpha value is -0.220. The number of hydrogen-bond donors (Lipinski definition) is 1. The van der Waals surface area contributed by atoms with Crippen molar-refractivity contribution in [3.05, 3.63) is 0 Å². The van der Waals surface area contributed by atoms with Crippen LogP contribution in [0, 0.1) is 5.92 Å². The Labute approximate surface area is 128 Å². The molecule has 1 aliphatic heterocycles. The molecule has 1 aliphatic carbocycles. The number of nitrogens with one attached hydrogen (secondary N) is 1. The quantitative estimate of drug-likeness (QED) is 0.757. The van der Waals surface area contributed by atoms with Gasteiger partial charge in [0, 0.05) is 24.4 Å². The molecule has 3 nitrogen and oxygen atoms in total. The van der Waals surface area contributed by atoms with Crippen LogP contribution in [0.4, 0.5) is 0 Å². The highest BCUT2D eigenvalue weighted by atomic mass is 32.2. The fourth-order valence-corrected chi connectivity index (χ4v) is 4.43. The minimum absolute atomic E-state index is 0.349. The summed E-state index contributed by atoms with van der Waals surface area (Å²) >= 11 is 1.93. The lowest BCUT2D eigenvalue weighted by molar-refractivity contribution is 0.0764. The lowest BCUT2D eigenvalue weighted by Gasteiger charge is -2.36. The van der Waals surface area contributed by atoms with Gasteiger partial charge in [0.15, 0.2) is 5.17 Å². The topological polar surface area (TPSA) is 33.6 Å². The van der Waals surface area contributed by atoms with E-state index in [0.29, 0.717) is 11.6 Å². The molecule has 1 spiro atoms. The van der Waals surface area contributed by atoms with Crippen molar-refractivity contribution in [3.8, 4) is 0 Å². The highest BCUT2D eigenvalue weighted by Crippen LogP contribution is 2.38. The van der Waals surface area contributed by atoms with Crippen LogP contribution in [0.1, 0.15) is 59.3 Å². The zero-order chi connectivity index (χ0) is 14.4. The van der Waals surface area contributed by atoms with Gasteiger partial charge in [-0.3, -0.25) is 4.99 Å². The largest absolute Gasteiger partial charge is 0.379 e. The Kier molecular flexibility index (Phi) is 6.21. The fraction of sp³-hybridized carbons (Fsp3) is 0.938. The molecule has 116 valence electrons. The van der Waals surface area contributed by atoms with Crippen LogP contribution in [-0.4, -0.2) is 35.7 Å². The molecule has 1 N–H and O–H groups in total. The van der Waals surface area contributed by atoms with E-state index in [1.807, 2.05) is 11.8 Å². The van der Waals surface area contributed by atoms with Crippen LogP contribution in [0.2, 0.25) is 0 Å². The molecular formula is C16H30N2OS. The maximum atomic E-state index is 5.55. The van der Waals surface area contributed by atoms with E-state index >= 15 is 0 Å². The molecule has 2 atom stereocenters. The van der Waals surface area contributed by atoms with Crippen molar-refractivity contribution in [2.24, 2.45) is 10.9 Å². The van der Waals surface area contributed by atoms with Gasteiger partial charge in [0.05, 0.1) is 6.10 Å². The molecule has 20 heavy (non-hydrogen) atoms. The van der Waals surface area contributed by atoms with Gasteiger partial charge in [-0.25, -0.2) is 0 Å². The summed E-state index contributed by atoms with van der Waals surface area (Å²) in [5, 5.41) is 4.91. The minimum Gasteiger partial charge on any atom is -0.379 e. The summed E-state index contributed by atoms with van der Waals surface area (Å²) in [6, 6.07) is 0. The van der Waals surface area contributed by atoms with Crippen LogP contribution in [0.5, 0.6) is 0 Å². The van der Waals surface area contributed by atoms with Gasteiger partial charge in [-0.2, -0.15) is 0 Å². The van der Waals surface area contributed by atoms with Crippen molar-refractivity contribution < 1.29 is 4.74 Å². The van der Waals surface area contributed by atoms with Gasteiger partial charge in [-0.05, 0) is 45.4 Å². The normalized spacial score (nSPS) is 32.2. The van der Waals surface area contributed by atoms with E-state index in [1.165, 1.54) is 36.6 Å². The number of aliphatic imine (C=N–C) groups is 1. The van der Waals surface area contributed by atoms with Crippen LogP contribution in [-0.2, 0) is 4.74 Å². The van der Waals surface area contributed by atoms with Gasteiger partial charge in [-0.1, -0.05) is 31.5 Å². The number of amidine groups is 1. The van der Waals surface area contributed by atoms with E-state index in [9.17, 15) is 0 Å². The smallest absolute Gasteiger partial charge is 0.157 e. The predicted octanol–water partition coefficient (Wildman–Crippen LogP) is 3.83. The Morgan fingerprint density at radius 1 is 1.45 bits per heavy atom. The molecule has 0 aromatic heterocycles. The fourth-order valence-electron chi connectivity index (χ4n) is 3.21. The van der Waals surface area contributed by atoms with Crippen molar-refractivity contribution in [1.29, 1.82) is 0 Å². The average Bonchev–Trinajstić information content (AvgIpc) is 2.76. The Morgan fingerprint density at radius 3 is 3.05 bits per heavy atom. The Bertz CT molecular complexity index is 332. The molecular weight excluding hydrogens is 268 g/mol. The average molecular weight is 298 g/mol. The van der Waals surface area contributed by atoms with E-state index in [1.54, 1.807) is 0 Å². The van der Waals surface area contributed by atoms with E-state index in [2.05, 4.69) is 26.1 Å². The van der Waals surface area contributed by atoms with E-state index in [4.69, 9.17) is 9.73 Å². The molecule has 4 heteroatoms. The zero-order valence-electron chi connectivity index (χ0n) is 13.3. The molecule has 1 heterocycles. The predicted molar refractivity (Wildman–Crippen MR) is 88.6 cm³/mol. The third-order valence-electron chi connectivity index (χ3n) is 4.21. The third kappa shape index (κ3) is 4.96. The van der Waals surface area contributed by atoms with Crippen molar-refractivity contribution in [1.82, 2.24) is 5.32 Å². The monoisotopic (exact) mass is 298 g/mol. The number of unbranched alkanes of at least 4 members (excludes halogenated alkanes) is 1. The molecule has 1 saturated carbocycles. The van der Waals surface area contributed by atoms with Crippen LogP contribution in [0.25, 0.3) is 0 Å². The molecule has 0 bridgehead atoms. The number of rotatable bonds is 6. The van der Waals surface area contributed by atoms with Gasteiger partial charge in [0.25, 0.3) is 0 Å². The van der Waals surface area contributed by atoms with Gasteiger partial charge in [-0.15, -0.1) is 0 Å². The van der Waals surface area contributed by atoms with E-state index in [0.717, 1.165) is 31.9 Å². The molecule has 2 unspecified atom stereocenters. The highest BCUT2D eigenvalue weighted by Gasteiger charge is 2.40. The van der Waals surface area contributed by atoms with E-state index < -0.39 is 0 Å². The number of thioether (sulfide) groups is 1. The molecule has 2 aliphatic rings. The summed E-state index contributed by atoms with van der Waals surface area (Å²) in [7, 11) is 0. The second-order valence-electron chi connectivity index (χ2n) is 6.71. The third-order valence-corrected chi connectivity index (χ3v) is 5.41. The Balaban J connectivity index is 1.66. The summed E-state index contributed by atoms with van der Waals surface area (Å²) in [6.45, 7) is 8.36. The summed E-state index contributed by atoms with van der Waals surface area (Å²) in [5.74, 6) is 2.08. The highest BCUT2D eigenvalue weighted by molar-refractivity contribution is 8.14. The van der Waals surface area contributed by atoms with Gasteiger partial charge in [0.1, 0.15) is 0 Å².